The monoisotopic (exact) mass is 319 g/mol. The van der Waals surface area contributed by atoms with Crippen molar-refractivity contribution in [2.24, 2.45) is 7.05 Å². The molecule has 124 valence electrons. The largest absolute Gasteiger partial charge is 0.371 e. The highest BCUT2D eigenvalue weighted by molar-refractivity contribution is 5.88. The number of hydrogen-bond acceptors (Lipinski definition) is 5. The van der Waals surface area contributed by atoms with Crippen molar-refractivity contribution in [2.75, 3.05) is 11.9 Å². The molecule has 0 unspecified atom stereocenters. The average Bonchev–Trinajstić information content (AvgIpc) is 3.14. The Balaban J connectivity index is 1.70. The summed E-state index contributed by atoms with van der Waals surface area (Å²) in [6.07, 6.45) is 0.567. The summed E-state index contributed by atoms with van der Waals surface area (Å²) < 4.78 is 12.6. The molecule has 1 fully saturated rings. The molecule has 2 atom stereocenters. The van der Waals surface area contributed by atoms with Crippen LogP contribution in [0.2, 0.25) is 0 Å². The first-order valence-corrected chi connectivity index (χ1v) is 7.58. The number of nitrogens with zero attached hydrogens (tertiary/aromatic N) is 3. The van der Waals surface area contributed by atoms with Crippen LogP contribution in [-0.2, 0) is 11.8 Å². The number of carbonyl (C=O) groups excluding carboxylic acids is 1. The number of carbonyl (C=O) groups is 1. The molecule has 0 spiro atoms. The van der Waals surface area contributed by atoms with E-state index in [-0.39, 0.29) is 18.2 Å². The molecule has 2 aromatic rings. The van der Waals surface area contributed by atoms with Gasteiger partial charge in [0.15, 0.2) is 5.82 Å². The van der Waals surface area contributed by atoms with Gasteiger partial charge < -0.3 is 14.6 Å². The van der Waals surface area contributed by atoms with Crippen molar-refractivity contribution in [2.45, 2.75) is 39.3 Å². The van der Waals surface area contributed by atoms with Gasteiger partial charge in [-0.2, -0.15) is 5.10 Å². The predicted molar refractivity (Wildman–Crippen MR) is 83.2 cm³/mol. The molecule has 3 rings (SSSR count). The fourth-order valence-corrected chi connectivity index (χ4v) is 2.97. The summed E-state index contributed by atoms with van der Waals surface area (Å²) in [6.45, 7) is 6.34. The summed E-state index contributed by atoms with van der Waals surface area (Å²) in [5.41, 5.74) is 3.03. The molecule has 1 aliphatic rings. The van der Waals surface area contributed by atoms with E-state index in [0.29, 0.717) is 18.2 Å². The lowest BCUT2D eigenvalue weighted by molar-refractivity contribution is 0.0993. The minimum atomic E-state index is -0.321. The SMILES string of the molecule is Cc1cc(NC(=O)N[C@H]2CCO[C@@H]2c2c(C)nn(C)c2C)no1. The molecule has 1 saturated heterocycles. The lowest BCUT2D eigenvalue weighted by atomic mass is 10.0. The van der Waals surface area contributed by atoms with Crippen LogP contribution in [0.4, 0.5) is 10.6 Å². The molecule has 0 aliphatic carbocycles. The first-order valence-electron chi connectivity index (χ1n) is 7.58. The lowest BCUT2D eigenvalue weighted by Gasteiger charge is -2.20. The number of amides is 2. The zero-order chi connectivity index (χ0) is 16.6. The molecule has 2 amide bonds. The maximum absolute atomic E-state index is 12.1. The number of aromatic nitrogens is 3. The van der Waals surface area contributed by atoms with Crippen LogP contribution >= 0.6 is 0 Å². The number of anilines is 1. The van der Waals surface area contributed by atoms with Gasteiger partial charge in [-0.1, -0.05) is 5.16 Å². The zero-order valence-electron chi connectivity index (χ0n) is 13.7. The Labute approximate surface area is 134 Å². The van der Waals surface area contributed by atoms with E-state index >= 15 is 0 Å². The molecule has 0 bridgehead atoms. The van der Waals surface area contributed by atoms with Crippen molar-refractivity contribution in [3.05, 3.63) is 28.8 Å². The van der Waals surface area contributed by atoms with Gasteiger partial charge in [-0.05, 0) is 27.2 Å². The molecule has 3 heterocycles. The second-order valence-corrected chi connectivity index (χ2v) is 5.82. The Morgan fingerprint density at radius 2 is 2.17 bits per heavy atom. The van der Waals surface area contributed by atoms with E-state index < -0.39 is 0 Å². The summed E-state index contributed by atoms with van der Waals surface area (Å²) in [5, 5.41) is 13.8. The number of aryl methyl sites for hydroxylation is 3. The molecule has 0 saturated carbocycles. The Bertz CT molecular complexity index is 721. The predicted octanol–water partition coefficient (Wildman–Crippen LogP) is 1.99. The van der Waals surface area contributed by atoms with Gasteiger partial charge in [-0.3, -0.25) is 10.00 Å². The van der Waals surface area contributed by atoms with E-state index in [2.05, 4.69) is 20.9 Å². The molecule has 2 N–H and O–H groups in total. The number of ether oxygens (including phenoxy) is 1. The highest BCUT2D eigenvalue weighted by Gasteiger charge is 2.34. The van der Waals surface area contributed by atoms with Crippen molar-refractivity contribution in [1.82, 2.24) is 20.3 Å². The van der Waals surface area contributed by atoms with Crippen molar-refractivity contribution in [1.29, 1.82) is 0 Å². The second-order valence-electron chi connectivity index (χ2n) is 5.82. The summed E-state index contributed by atoms with van der Waals surface area (Å²) in [6, 6.07) is 1.24. The molecule has 0 aromatic carbocycles. The van der Waals surface area contributed by atoms with Gasteiger partial charge in [0, 0.05) is 31.0 Å². The average molecular weight is 319 g/mol. The van der Waals surface area contributed by atoms with Crippen molar-refractivity contribution in [3.8, 4) is 0 Å². The quantitative estimate of drug-likeness (QED) is 0.902. The van der Waals surface area contributed by atoms with Crippen LogP contribution in [0, 0.1) is 20.8 Å². The van der Waals surface area contributed by atoms with Crippen molar-refractivity contribution in [3.63, 3.8) is 0 Å². The Morgan fingerprint density at radius 1 is 1.39 bits per heavy atom. The van der Waals surface area contributed by atoms with Gasteiger partial charge in [0.25, 0.3) is 0 Å². The van der Waals surface area contributed by atoms with Crippen LogP contribution in [0.5, 0.6) is 0 Å². The van der Waals surface area contributed by atoms with Crippen molar-refractivity contribution >= 4 is 11.8 Å². The van der Waals surface area contributed by atoms with Gasteiger partial charge in [0.05, 0.1) is 11.7 Å². The van der Waals surface area contributed by atoms with Crippen LogP contribution < -0.4 is 10.6 Å². The Kier molecular flexibility index (Phi) is 4.08. The third-order valence-electron chi connectivity index (χ3n) is 4.13. The van der Waals surface area contributed by atoms with Crippen molar-refractivity contribution < 1.29 is 14.1 Å². The fraction of sp³-hybridized carbons (Fsp3) is 0.533. The second kappa shape index (κ2) is 6.04. The van der Waals surface area contributed by atoms with Gasteiger partial charge in [-0.15, -0.1) is 0 Å². The highest BCUT2D eigenvalue weighted by atomic mass is 16.5. The molecule has 8 nitrogen and oxygen atoms in total. The van der Waals surface area contributed by atoms with Gasteiger partial charge >= 0.3 is 6.03 Å². The smallest absolute Gasteiger partial charge is 0.320 e. The number of hydrogen-bond donors (Lipinski definition) is 2. The van der Waals surface area contributed by atoms with E-state index in [1.165, 1.54) is 0 Å². The van der Waals surface area contributed by atoms with E-state index in [0.717, 1.165) is 23.4 Å². The maximum Gasteiger partial charge on any atom is 0.320 e. The first kappa shape index (κ1) is 15.5. The Hall–Kier alpha value is -2.35. The molecule has 23 heavy (non-hydrogen) atoms. The summed E-state index contributed by atoms with van der Waals surface area (Å²) in [5.74, 6) is 1.04. The normalized spacial score (nSPS) is 20.7. The third-order valence-corrected chi connectivity index (χ3v) is 4.13. The van der Waals surface area contributed by atoms with Crippen LogP contribution in [-0.4, -0.2) is 33.6 Å². The van der Waals surface area contributed by atoms with Crippen LogP contribution in [0.1, 0.15) is 35.2 Å². The summed E-state index contributed by atoms with van der Waals surface area (Å²) in [7, 11) is 1.91. The Morgan fingerprint density at radius 3 is 2.78 bits per heavy atom. The molecular weight excluding hydrogens is 298 g/mol. The third kappa shape index (κ3) is 3.07. The molecule has 1 aliphatic heterocycles. The number of rotatable bonds is 3. The molecule has 0 radical (unpaired) electrons. The van der Waals surface area contributed by atoms with Crippen LogP contribution in [0.15, 0.2) is 10.6 Å². The topological polar surface area (TPSA) is 94.2 Å². The molecule has 8 heteroatoms. The lowest BCUT2D eigenvalue weighted by Crippen LogP contribution is -2.39. The van der Waals surface area contributed by atoms with Gasteiger partial charge in [0.1, 0.15) is 11.9 Å². The maximum atomic E-state index is 12.1. The van der Waals surface area contributed by atoms with E-state index in [1.807, 2.05) is 25.6 Å². The summed E-state index contributed by atoms with van der Waals surface area (Å²) >= 11 is 0. The molecular formula is C15H21N5O3. The van der Waals surface area contributed by atoms with Crippen LogP contribution in [0.25, 0.3) is 0 Å². The highest BCUT2D eigenvalue weighted by Crippen LogP contribution is 2.33. The zero-order valence-corrected chi connectivity index (χ0v) is 13.7. The van der Waals surface area contributed by atoms with E-state index in [9.17, 15) is 4.79 Å². The summed E-state index contributed by atoms with van der Waals surface area (Å²) in [4.78, 5) is 12.1. The molecule has 2 aromatic heterocycles. The van der Waals surface area contributed by atoms with Gasteiger partial charge in [0.2, 0.25) is 0 Å². The van der Waals surface area contributed by atoms with E-state index in [1.54, 1.807) is 13.0 Å². The standard InChI is InChI=1S/C15H21N5O3/c1-8-7-12(19-23-8)17-15(21)16-11-5-6-22-14(11)13-9(2)18-20(4)10(13)3/h7,11,14H,5-6H2,1-4H3,(H2,16,17,19,21)/t11-,14-/m0/s1. The van der Waals surface area contributed by atoms with Gasteiger partial charge in [-0.25, -0.2) is 4.79 Å². The van der Waals surface area contributed by atoms with E-state index in [4.69, 9.17) is 9.26 Å². The number of urea groups is 1. The first-order chi connectivity index (χ1) is 11.0. The minimum Gasteiger partial charge on any atom is -0.371 e. The fourth-order valence-electron chi connectivity index (χ4n) is 2.97. The minimum absolute atomic E-state index is 0.107. The number of nitrogens with one attached hydrogen (secondary N) is 2. The van der Waals surface area contributed by atoms with Crippen LogP contribution in [0.3, 0.4) is 0 Å².